The van der Waals surface area contributed by atoms with Crippen LogP contribution >= 0.6 is 11.3 Å². The van der Waals surface area contributed by atoms with Crippen molar-refractivity contribution in [3.8, 4) is 0 Å². The van der Waals surface area contributed by atoms with Gasteiger partial charge in [-0.3, -0.25) is 4.79 Å². The van der Waals surface area contributed by atoms with E-state index in [2.05, 4.69) is 4.98 Å². The predicted octanol–water partition coefficient (Wildman–Crippen LogP) is 1.12. The van der Waals surface area contributed by atoms with Crippen LogP contribution in [0.25, 0.3) is 5.57 Å². The Morgan fingerprint density at radius 3 is 3.23 bits per heavy atom. The molecule has 2 N–H and O–H groups in total. The van der Waals surface area contributed by atoms with E-state index in [1.807, 2.05) is 12.2 Å². The van der Waals surface area contributed by atoms with Crippen molar-refractivity contribution in [1.29, 1.82) is 0 Å². The van der Waals surface area contributed by atoms with Gasteiger partial charge in [0.25, 0.3) is 0 Å². The highest BCUT2D eigenvalue weighted by atomic mass is 32.1. The van der Waals surface area contributed by atoms with Gasteiger partial charge >= 0.3 is 0 Å². The second-order valence-electron chi connectivity index (χ2n) is 2.71. The fraction of sp³-hybridized carbons (Fsp3) is 0.111. The fourth-order valence-electron chi connectivity index (χ4n) is 1.25. The Bertz CT molecular complexity index is 404. The molecular weight excluding hydrogens is 184 g/mol. The first-order chi connectivity index (χ1) is 6.29. The van der Waals surface area contributed by atoms with E-state index in [4.69, 9.17) is 5.73 Å². The maximum Gasteiger partial charge on any atom is 0.250 e. The van der Waals surface area contributed by atoms with E-state index < -0.39 is 5.91 Å². The molecule has 1 heterocycles. The number of amides is 1. The predicted molar refractivity (Wildman–Crippen MR) is 52.1 cm³/mol. The van der Waals surface area contributed by atoms with Crippen LogP contribution in [0.3, 0.4) is 0 Å². The zero-order chi connectivity index (χ0) is 9.26. The van der Waals surface area contributed by atoms with Gasteiger partial charge in [-0.05, 0) is 6.08 Å². The number of fused-ring (bicyclic) bond motifs is 1. The molecule has 2 rings (SSSR count). The summed E-state index contributed by atoms with van der Waals surface area (Å²) in [5, 5.41) is 0. The molecule has 4 heteroatoms. The lowest BCUT2D eigenvalue weighted by atomic mass is 10.2. The van der Waals surface area contributed by atoms with Crippen LogP contribution in [0.4, 0.5) is 0 Å². The summed E-state index contributed by atoms with van der Waals surface area (Å²) in [6, 6.07) is 0. The molecule has 66 valence electrons. The second kappa shape index (κ2) is 3.14. The van der Waals surface area contributed by atoms with Gasteiger partial charge in [-0.1, -0.05) is 12.2 Å². The number of hydrogen-bond donors (Lipinski definition) is 1. The lowest BCUT2D eigenvalue weighted by Crippen LogP contribution is -2.12. The molecule has 0 fully saturated rings. The van der Waals surface area contributed by atoms with Gasteiger partial charge in [0.2, 0.25) is 5.91 Å². The normalized spacial score (nSPS) is 14.6. The van der Waals surface area contributed by atoms with E-state index in [0.717, 1.165) is 17.0 Å². The molecule has 13 heavy (non-hydrogen) atoms. The van der Waals surface area contributed by atoms with Gasteiger partial charge in [-0.25, -0.2) is 4.98 Å². The van der Waals surface area contributed by atoms with Gasteiger partial charge < -0.3 is 5.73 Å². The van der Waals surface area contributed by atoms with Crippen LogP contribution in [0.1, 0.15) is 10.6 Å². The third-order valence-corrected chi connectivity index (χ3v) is 2.76. The number of primary amides is 1. The molecule has 1 aliphatic rings. The van der Waals surface area contributed by atoms with Crippen LogP contribution in [-0.2, 0) is 11.2 Å². The van der Waals surface area contributed by atoms with Crippen LogP contribution in [0.5, 0.6) is 0 Å². The molecule has 1 amide bonds. The summed E-state index contributed by atoms with van der Waals surface area (Å²) in [6.07, 6.45) is 6.32. The van der Waals surface area contributed by atoms with Crippen LogP contribution in [-0.4, -0.2) is 10.9 Å². The Kier molecular flexibility index (Phi) is 1.98. The number of nitrogens with zero attached hydrogens (tertiary/aromatic N) is 1. The van der Waals surface area contributed by atoms with E-state index in [9.17, 15) is 4.79 Å². The average Bonchev–Trinajstić information content (AvgIpc) is 2.44. The third kappa shape index (κ3) is 1.40. The molecule has 0 atom stereocenters. The molecule has 1 aromatic heterocycles. The number of carbonyl (C=O) groups excluding carboxylic acids is 1. The van der Waals surface area contributed by atoms with Gasteiger partial charge in [-0.15, -0.1) is 11.3 Å². The molecule has 0 radical (unpaired) electrons. The minimum absolute atomic E-state index is 0.392. The Hall–Kier alpha value is -1.42. The fourth-order valence-corrected chi connectivity index (χ4v) is 2.10. The van der Waals surface area contributed by atoms with Crippen molar-refractivity contribution in [2.45, 2.75) is 6.42 Å². The van der Waals surface area contributed by atoms with Gasteiger partial charge in [0, 0.05) is 6.42 Å². The van der Waals surface area contributed by atoms with Crippen molar-refractivity contribution >= 4 is 22.8 Å². The minimum Gasteiger partial charge on any atom is -0.366 e. The van der Waals surface area contributed by atoms with Crippen molar-refractivity contribution in [2.75, 3.05) is 0 Å². The zero-order valence-electron chi connectivity index (χ0n) is 6.86. The molecule has 1 aromatic rings. The molecule has 0 spiro atoms. The van der Waals surface area contributed by atoms with Gasteiger partial charge in [0.05, 0.1) is 21.7 Å². The number of nitrogens with two attached hydrogens (primary N) is 1. The second-order valence-corrected chi connectivity index (χ2v) is 3.56. The molecule has 0 aliphatic heterocycles. The number of thiazole rings is 1. The van der Waals surface area contributed by atoms with Crippen molar-refractivity contribution in [3.63, 3.8) is 0 Å². The topological polar surface area (TPSA) is 56.0 Å². The lowest BCUT2D eigenvalue weighted by molar-refractivity contribution is -0.112. The summed E-state index contributed by atoms with van der Waals surface area (Å²) in [5.41, 5.74) is 8.48. The highest BCUT2D eigenvalue weighted by Gasteiger charge is 2.15. The largest absolute Gasteiger partial charge is 0.366 e. The van der Waals surface area contributed by atoms with Gasteiger partial charge in [0.1, 0.15) is 0 Å². The summed E-state index contributed by atoms with van der Waals surface area (Å²) in [4.78, 5) is 16.1. The standard InChI is InChI=1S/C9H8N2OS/c10-9(12)6-3-1-2-4-7-8(6)13-5-11-7/h1-3,5H,4H2,(H2,10,12). The molecule has 0 bridgehead atoms. The van der Waals surface area contributed by atoms with Gasteiger partial charge in [0.15, 0.2) is 0 Å². The Labute approximate surface area is 79.6 Å². The number of aromatic nitrogens is 1. The molecule has 0 saturated carbocycles. The molecule has 0 saturated heterocycles. The smallest absolute Gasteiger partial charge is 0.250 e. The highest BCUT2D eigenvalue weighted by molar-refractivity contribution is 7.11. The van der Waals surface area contributed by atoms with E-state index in [1.54, 1.807) is 11.6 Å². The van der Waals surface area contributed by atoms with Crippen molar-refractivity contribution < 1.29 is 4.79 Å². The van der Waals surface area contributed by atoms with E-state index >= 15 is 0 Å². The summed E-state index contributed by atoms with van der Waals surface area (Å²) in [6.45, 7) is 0. The number of allylic oxidation sites excluding steroid dienone is 3. The zero-order valence-corrected chi connectivity index (χ0v) is 7.67. The van der Waals surface area contributed by atoms with Crippen LogP contribution in [0.2, 0.25) is 0 Å². The first-order valence-corrected chi connectivity index (χ1v) is 4.76. The first kappa shape index (κ1) is 8.19. The van der Waals surface area contributed by atoms with Crippen molar-refractivity contribution in [1.82, 2.24) is 4.98 Å². The molecule has 0 unspecified atom stereocenters. The van der Waals surface area contributed by atoms with E-state index in [1.165, 1.54) is 11.3 Å². The van der Waals surface area contributed by atoms with Crippen molar-refractivity contribution in [3.05, 3.63) is 34.3 Å². The lowest BCUT2D eigenvalue weighted by Gasteiger charge is -1.98. The van der Waals surface area contributed by atoms with Crippen LogP contribution in [0, 0.1) is 0 Å². The Balaban J connectivity index is 2.55. The number of rotatable bonds is 1. The molecule has 3 nitrogen and oxygen atoms in total. The maximum absolute atomic E-state index is 11.1. The molecular formula is C9H8N2OS. The van der Waals surface area contributed by atoms with Crippen LogP contribution < -0.4 is 5.73 Å². The summed E-state index contributed by atoms with van der Waals surface area (Å²) in [5.74, 6) is -0.392. The quantitative estimate of drug-likeness (QED) is 0.725. The molecule has 1 aliphatic carbocycles. The Morgan fingerprint density at radius 1 is 1.62 bits per heavy atom. The maximum atomic E-state index is 11.1. The van der Waals surface area contributed by atoms with Crippen LogP contribution in [0.15, 0.2) is 23.7 Å². The summed E-state index contributed by atoms with van der Waals surface area (Å²) < 4.78 is 0. The first-order valence-electron chi connectivity index (χ1n) is 3.88. The monoisotopic (exact) mass is 192 g/mol. The molecule has 0 aromatic carbocycles. The van der Waals surface area contributed by atoms with Gasteiger partial charge in [-0.2, -0.15) is 0 Å². The number of hydrogen-bond acceptors (Lipinski definition) is 3. The minimum atomic E-state index is -0.392. The highest BCUT2D eigenvalue weighted by Crippen LogP contribution is 2.25. The van der Waals surface area contributed by atoms with E-state index in [0.29, 0.717) is 5.57 Å². The summed E-state index contributed by atoms with van der Waals surface area (Å²) >= 11 is 1.45. The number of carbonyl (C=O) groups is 1. The third-order valence-electron chi connectivity index (χ3n) is 1.86. The van der Waals surface area contributed by atoms with E-state index in [-0.39, 0.29) is 0 Å². The summed E-state index contributed by atoms with van der Waals surface area (Å²) in [7, 11) is 0. The SMILES string of the molecule is NC(=O)C1=CC=CCc2ncsc21. The van der Waals surface area contributed by atoms with Crippen molar-refractivity contribution in [2.24, 2.45) is 5.73 Å². The Morgan fingerprint density at radius 2 is 2.46 bits per heavy atom. The average molecular weight is 192 g/mol.